The largest absolute Gasteiger partial charge is 0.461 e. The minimum Gasteiger partial charge on any atom is -0.461 e. The highest BCUT2D eigenvalue weighted by molar-refractivity contribution is 5.76. The third kappa shape index (κ3) is 2.83. The first-order valence-electron chi connectivity index (χ1n) is 10.1. The Morgan fingerprint density at radius 1 is 1.29 bits per heavy atom. The Kier molecular flexibility index (Phi) is 4.27. The van der Waals surface area contributed by atoms with Gasteiger partial charge in [-0.25, -0.2) is 0 Å². The van der Waals surface area contributed by atoms with Gasteiger partial charge in [0.05, 0.1) is 5.92 Å². The van der Waals surface area contributed by atoms with Crippen LogP contribution in [0.15, 0.2) is 11.6 Å². The van der Waals surface area contributed by atoms with Gasteiger partial charge in [-0.1, -0.05) is 38.8 Å². The van der Waals surface area contributed by atoms with Gasteiger partial charge in [-0.2, -0.15) is 0 Å². The van der Waals surface area contributed by atoms with Gasteiger partial charge in [0.15, 0.2) is 0 Å². The molecule has 0 aromatic carbocycles. The number of fused-ring (bicyclic) bond motifs is 2. The number of carbonyl (C=O) groups excluding carboxylic acids is 1. The van der Waals surface area contributed by atoms with E-state index >= 15 is 0 Å². The van der Waals surface area contributed by atoms with E-state index in [1.54, 1.807) is 5.57 Å². The molecule has 0 bridgehead atoms. The van der Waals surface area contributed by atoms with E-state index < -0.39 is 0 Å². The highest BCUT2D eigenvalue weighted by Gasteiger charge is 2.51. The fourth-order valence-corrected chi connectivity index (χ4v) is 5.99. The molecule has 2 saturated heterocycles. The topological polar surface area (TPSA) is 29.5 Å². The number of ether oxygens (including phenoxy) is 1. The lowest BCUT2D eigenvalue weighted by Gasteiger charge is -2.46. The molecule has 0 amide bonds. The Balaban J connectivity index is 1.55. The van der Waals surface area contributed by atoms with Crippen LogP contribution >= 0.6 is 0 Å². The zero-order valence-corrected chi connectivity index (χ0v) is 15.6. The van der Waals surface area contributed by atoms with Gasteiger partial charge >= 0.3 is 5.97 Å². The lowest BCUT2D eigenvalue weighted by atomic mass is 9.59. The molecule has 6 atom stereocenters. The SMILES string of the molecule is C[C@@H]1CCCN(C[C@@H]2C(=O)O[C@H]3C[C@]4(C)CCC[C@@H](C)C4=C[C@@H]32)C1. The summed E-state index contributed by atoms with van der Waals surface area (Å²) in [6, 6.07) is 0. The quantitative estimate of drug-likeness (QED) is 0.565. The average molecular weight is 332 g/mol. The molecule has 4 aliphatic rings. The summed E-state index contributed by atoms with van der Waals surface area (Å²) < 4.78 is 5.89. The van der Waals surface area contributed by atoms with Gasteiger partial charge in [0.1, 0.15) is 6.10 Å². The summed E-state index contributed by atoms with van der Waals surface area (Å²) in [5.41, 5.74) is 1.90. The molecule has 2 heterocycles. The van der Waals surface area contributed by atoms with Crippen molar-refractivity contribution in [2.24, 2.45) is 29.1 Å². The van der Waals surface area contributed by atoms with Crippen LogP contribution in [0.4, 0.5) is 0 Å². The van der Waals surface area contributed by atoms with E-state index in [0.29, 0.717) is 11.8 Å². The first-order valence-corrected chi connectivity index (χ1v) is 10.1. The van der Waals surface area contributed by atoms with Crippen molar-refractivity contribution >= 4 is 5.97 Å². The molecule has 0 radical (unpaired) electrons. The fourth-order valence-electron chi connectivity index (χ4n) is 5.99. The van der Waals surface area contributed by atoms with Crippen molar-refractivity contribution < 1.29 is 9.53 Å². The maximum atomic E-state index is 12.6. The molecule has 3 heteroatoms. The highest BCUT2D eigenvalue weighted by Crippen LogP contribution is 2.54. The third-order valence-electron chi connectivity index (χ3n) is 7.28. The Bertz CT molecular complexity index is 542. The molecule has 4 rings (SSSR count). The van der Waals surface area contributed by atoms with Crippen LogP contribution < -0.4 is 0 Å². The molecule has 3 nitrogen and oxygen atoms in total. The van der Waals surface area contributed by atoms with Crippen molar-refractivity contribution in [1.29, 1.82) is 0 Å². The van der Waals surface area contributed by atoms with Crippen molar-refractivity contribution in [3.8, 4) is 0 Å². The number of likely N-dealkylation sites (tertiary alicyclic amines) is 1. The second kappa shape index (κ2) is 6.16. The molecule has 0 N–H and O–H groups in total. The van der Waals surface area contributed by atoms with Crippen molar-refractivity contribution in [1.82, 2.24) is 4.90 Å². The number of rotatable bonds is 2. The minimum atomic E-state index is 0.0616. The third-order valence-corrected chi connectivity index (χ3v) is 7.28. The van der Waals surface area contributed by atoms with Gasteiger partial charge in [0, 0.05) is 19.0 Å². The molecular weight excluding hydrogens is 298 g/mol. The Hall–Kier alpha value is -0.830. The molecular formula is C21H33NO2. The summed E-state index contributed by atoms with van der Waals surface area (Å²) >= 11 is 0. The molecule has 2 aliphatic heterocycles. The fraction of sp³-hybridized carbons (Fsp3) is 0.857. The molecule has 3 fully saturated rings. The van der Waals surface area contributed by atoms with Crippen LogP contribution in [0.1, 0.15) is 59.3 Å². The number of carbonyl (C=O) groups is 1. The van der Waals surface area contributed by atoms with Gasteiger partial charge in [-0.05, 0) is 55.9 Å². The summed E-state index contributed by atoms with van der Waals surface area (Å²) in [5, 5.41) is 0. The molecule has 134 valence electrons. The van der Waals surface area contributed by atoms with Gasteiger partial charge in [0.25, 0.3) is 0 Å². The molecule has 0 unspecified atom stereocenters. The van der Waals surface area contributed by atoms with Crippen LogP contribution in [-0.4, -0.2) is 36.6 Å². The monoisotopic (exact) mass is 331 g/mol. The number of piperidine rings is 1. The van der Waals surface area contributed by atoms with Crippen LogP contribution in [0.25, 0.3) is 0 Å². The molecule has 2 aliphatic carbocycles. The number of hydrogen-bond acceptors (Lipinski definition) is 3. The van der Waals surface area contributed by atoms with Crippen LogP contribution in [0.2, 0.25) is 0 Å². The van der Waals surface area contributed by atoms with E-state index in [0.717, 1.165) is 32.0 Å². The second-order valence-electron chi connectivity index (χ2n) is 9.35. The van der Waals surface area contributed by atoms with Crippen molar-refractivity contribution in [2.45, 2.75) is 65.4 Å². The van der Waals surface area contributed by atoms with Gasteiger partial charge in [-0.3, -0.25) is 4.79 Å². The van der Waals surface area contributed by atoms with E-state index in [4.69, 9.17) is 4.74 Å². The summed E-state index contributed by atoms with van der Waals surface area (Å²) in [4.78, 5) is 15.1. The molecule has 0 spiro atoms. The smallest absolute Gasteiger partial charge is 0.311 e. The minimum absolute atomic E-state index is 0.0616. The predicted octanol–water partition coefficient (Wildman–Crippen LogP) is 4.03. The van der Waals surface area contributed by atoms with Gasteiger partial charge < -0.3 is 9.64 Å². The standard InChI is InChI=1S/C21H33NO2/c1-14-6-5-9-22(12-14)13-17-16-10-18-15(2)7-4-8-21(18,3)11-19(16)24-20(17)23/h10,14-17,19H,4-9,11-13H2,1-3H3/t14-,15-,16-,17+,19+,21+/m1/s1. The van der Waals surface area contributed by atoms with E-state index in [9.17, 15) is 4.79 Å². The zero-order valence-electron chi connectivity index (χ0n) is 15.6. The number of nitrogens with zero attached hydrogens (tertiary/aromatic N) is 1. The van der Waals surface area contributed by atoms with E-state index in [1.807, 2.05) is 0 Å². The normalized spacial score (nSPS) is 46.0. The lowest BCUT2D eigenvalue weighted by Crippen LogP contribution is -2.42. The van der Waals surface area contributed by atoms with Gasteiger partial charge in [0.2, 0.25) is 0 Å². The Morgan fingerprint density at radius 3 is 2.92 bits per heavy atom. The van der Waals surface area contributed by atoms with Crippen LogP contribution in [0.3, 0.4) is 0 Å². The lowest BCUT2D eigenvalue weighted by molar-refractivity contribution is -0.145. The van der Waals surface area contributed by atoms with Gasteiger partial charge in [-0.15, -0.1) is 0 Å². The Labute approximate surface area is 146 Å². The van der Waals surface area contributed by atoms with Crippen LogP contribution in [-0.2, 0) is 9.53 Å². The summed E-state index contributed by atoms with van der Waals surface area (Å²) in [7, 11) is 0. The van der Waals surface area contributed by atoms with Crippen LogP contribution in [0, 0.1) is 29.1 Å². The zero-order chi connectivity index (χ0) is 16.9. The summed E-state index contributed by atoms with van der Waals surface area (Å²) in [6.07, 6.45) is 10.2. The molecule has 24 heavy (non-hydrogen) atoms. The molecule has 1 saturated carbocycles. The van der Waals surface area contributed by atoms with Crippen molar-refractivity contribution in [2.75, 3.05) is 19.6 Å². The van der Waals surface area contributed by atoms with Crippen LogP contribution in [0.5, 0.6) is 0 Å². The number of hydrogen-bond donors (Lipinski definition) is 0. The van der Waals surface area contributed by atoms with Crippen molar-refractivity contribution in [3.63, 3.8) is 0 Å². The maximum Gasteiger partial charge on any atom is 0.311 e. The van der Waals surface area contributed by atoms with E-state index in [2.05, 4.69) is 31.7 Å². The molecule has 0 aromatic heterocycles. The maximum absolute atomic E-state index is 12.6. The Morgan fingerprint density at radius 2 is 2.12 bits per heavy atom. The number of esters is 1. The first kappa shape index (κ1) is 16.6. The highest BCUT2D eigenvalue weighted by atomic mass is 16.6. The average Bonchev–Trinajstić information content (AvgIpc) is 2.80. The first-order chi connectivity index (χ1) is 11.5. The van der Waals surface area contributed by atoms with E-state index in [1.165, 1.54) is 32.1 Å². The molecule has 0 aromatic rings. The predicted molar refractivity (Wildman–Crippen MR) is 95.5 cm³/mol. The van der Waals surface area contributed by atoms with Crippen molar-refractivity contribution in [3.05, 3.63) is 11.6 Å². The number of allylic oxidation sites excluding steroid dienone is 1. The summed E-state index contributed by atoms with van der Waals surface area (Å²) in [6.45, 7) is 10.3. The van der Waals surface area contributed by atoms with E-state index in [-0.39, 0.29) is 23.4 Å². The second-order valence-corrected chi connectivity index (χ2v) is 9.35. The summed E-state index contributed by atoms with van der Waals surface area (Å²) in [5.74, 6) is 1.88.